The molecule has 14 heteroatoms. The fourth-order valence-corrected chi connectivity index (χ4v) is 4.05. The SMILES string of the molecule is NC(=O)COc1c(Br)cc(C=Nn2c(-c3cccc(C(F)(F)F)c3)nc3ccccc3c2=O)cc1[N+](=O)[O-]. The van der Waals surface area contributed by atoms with Crippen LogP contribution in [0.4, 0.5) is 18.9 Å². The quantitative estimate of drug-likeness (QED) is 0.191. The molecule has 0 fully saturated rings. The molecule has 38 heavy (non-hydrogen) atoms. The molecule has 4 rings (SSSR count). The number of halogens is 4. The Labute approximate surface area is 219 Å². The number of hydrogen-bond acceptors (Lipinski definition) is 7. The van der Waals surface area contributed by atoms with Crippen molar-refractivity contribution in [2.45, 2.75) is 6.18 Å². The molecular formula is C24H15BrF3N5O5. The molecular weight excluding hydrogens is 575 g/mol. The van der Waals surface area contributed by atoms with Gasteiger partial charge in [-0.3, -0.25) is 19.7 Å². The number of nitrogens with two attached hydrogens (primary N) is 1. The minimum Gasteiger partial charge on any atom is -0.476 e. The summed E-state index contributed by atoms with van der Waals surface area (Å²) < 4.78 is 46.1. The van der Waals surface area contributed by atoms with Gasteiger partial charge in [0.2, 0.25) is 5.75 Å². The first-order valence-corrected chi connectivity index (χ1v) is 11.4. The number of primary amides is 1. The maximum Gasteiger partial charge on any atom is 0.416 e. The summed E-state index contributed by atoms with van der Waals surface area (Å²) in [7, 11) is 0. The van der Waals surface area contributed by atoms with Crippen molar-refractivity contribution in [3.8, 4) is 17.1 Å². The van der Waals surface area contributed by atoms with E-state index in [2.05, 4.69) is 26.0 Å². The summed E-state index contributed by atoms with van der Waals surface area (Å²) in [5.74, 6) is -1.27. The van der Waals surface area contributed by atoms with Crippen LogP contribution in [-0.2, 0) is 11.0 Å². The van der Waals surface area contributed by atoms with E-state index in [1.54, 1.807) is 12.1 Å². The molecule has 2 N–H and O–H groups in total. The maximum absolute atomic E-state index is 13.3. The number of nitro groups is 1. The van der Waals surface area contributed by atoms with Gasteiger partial charge in [-0.25, -0.2) is 4.98 Å². The molecule has 4 aromatic rings. The highest BCUT2D eigenvalue weighted by Crippen LogP contribution is 2.36. The van der Waals surface area contributed by atoms with Crippen LogP contribution >= 0.6 is 15.9 Å². The minimum absolute atomic E-state index is 0.0258. The van der Waals surface area contributed by atoms with Crippen molar-refractivity contribution >= 4 is 44.6 Å². The van der Waals surface area contributed by atoms with Gasteiger partial charge in [0, 0.05) is 17.2 Å². The van der Waals surface area contributed by atoms with E-state index in [4.69, 9.17) is 10.5 Å². The van der Waals surface area contributed by atoms with Gasteiger partial charge in [0.1, 0.15) is 0 Å². The fraction of sp³-hybridized carbons (Fsp3) is 0.0833. The topological polar surface area (TPSA) is 143 Å². The van der Waals surface area contributed by atoms with Crippen LogP contribution in [0.15, 0.2) is 75.0 Å². The lowest BCUT2D eigenvalue weighted by atomic mass is 10.1. The largest absolute Gasteiger partial charge is 0.476 e. The molecule has 1 heterocycles. The van der Waals surface area contributed by atoms with E-state index in [-0.39, 0.29) is 38.1 Å². The van der Waals surface area contributed by atoms with Crippen molar-refractivity contribution in [3.05, 3.63) is 96.7 Å². The predicted octanol–water partition coefficient (Wildman–Crippen LogP) is 4.50. The third-order valence-corrected chi connectivity index (χ3v) is 5.72. The summed E-state index contributed by atoms with van der Waals surface area (Å²) in [6.45, 7) is -0.606. The number of nitro benzene ring substituents is 1. The molecule has 0 saturated carbocycles. The first kappa shape index (κ1) is 26.5. The Kier molecular flexibility index (Phi) is 7.26. The summed E-state index contributed by atoms with van der Waals surface area (Å²) in [5, 5.41) is 15.9. The molecule has 0 aliphatic carbocycles. The van der Waals surface area contributed by atoms with Crippen LogP contribution in [0, 0.1) is 10.1 Å². The standard InChI is InChI=1S/C24H15BrF3N5O5/c25-17-8-13(9-19(33(36)37)21(17)38-12-20(29)34)11-30-32-22(14-4-3-5-15(10-14)24(26,27)28)31-18-7-2-1-6-16(18)23(32)35/h1-11H,12H2,(H2,29,34). The number of amides is 1. The van der Waals surface area contributed by atoms with E-state index < -0.39 is 40.4 Å². The Morgan fingerprint density at radius 3 is 2.61 bits per heavy atom. The molecule has 10 nitrogen and oxygen atoms in total. The van der Waals surface area contributed by atoms with Gasteiger partial charge in [0.05, 0.1) is 32.1 Å². The molecule has 0 spiro atoms. The number of nitrogens with zero attached hydrogens (tertiary/aromatic N) is 4. The van der Waals surface area contributed by atoms with Crippen molar-refractivity contribution < 1.29 is 27.6 Å². The minimum atomic E-state index is -4.63. The number of benzene rings is 3. The summed E-state index contributed by atoms with van der Waals surface area (Å²) in [6, 6.07) is 12.9. The molecule has 0 aliphatic heterocycles. The van der Waals surface area contributed by atoms with Crippen molar-refractivity contribution in [2.75, 3.05) is 6.61 Å². The van der Waals surface area contributed by atoms with E-state index in [0.29, 0.717) is 0 Å². The zero-order valence-corrected chi connectivity index (χ0v) is 20.6. The van der Waals surface area contributed by atoms with Crippen molar-refractivity contribution in [1.29, 1.82) is 0 Å². The van der Waals surface area contributed by atoms with Crippen LogP contribution in [0.3, 0.4) is 0 Å². The molecule has 0 radical (unpaired) electrons. The van der Waals surface area contributed by atoms with Gasteiger partial charge in [0.15, 0.2) is 12.4 Å². The Morgan fingerprint density at radius 1 is 1.18 bits per heavy atom. The number of para-hydroxylation sites is 1. The van der Waals surface area contributed by atoms with Gasteiger partial charge in [-0.2, -0.15) is 22.9 Å². The maximum atomic E-state index is 13.3. The number of hydrogen-bond donors (Lipinski definition) is 1. The number of carbonyl (C=O) groups is 1. The molecule has 0 atom stereocenters. The molecule has 3 aromatic carbocycles. The third-order valence-electron chi connectivity index (χ3n) is 5.13. The highest BCUT2D eigenvalue weighted by Gasteiger charge is 2.31. The lowest BCUT2D eigenvalue weighted by Gasteiger charge is -2.12. The summed E-state index contributed by atoms with van der Waals surface area (Å²) in [5.41, 5.74) is 3.24. The summed E-state index contributed by atoms with van der Waals surface area (Å²) in [6.07, 6.45) is -3.53. The van der Waals surface area contributed by atoms with E-state index in [1.807, 2.05) is 0 Å². The van der Waals surface area contributed by atoms with Gasteiger partial charge in [-0.15, -0.1) is 0 Å². The Bertz CT molecular complexity index is 1670. The monoisotopic (exact) mass is 589 g/mol. The average Bonchev–Trinajstić information content (AvgIpc) is 2.86. The molecule has 0 bridgehead atoms. The van der Waals surface area contributed by atoms with Crippen LogP contribution < -0.4 is 16.0 Å². The zero-order valence-electron chi connectivity index (χ0n) is 19.0. The molecule has 194 valence electrons. The highest BCUT2D eigenvalue weighted by atomic mass is 79.9. The van der Waals surface area contributed by atoms with Gasteiger partial charge >= 0.3 is 11.9 Å². The molecule has 0 saturated heterocycles. The summed E-state index contributed by atoms with van der Waals surface area (Å²) in [4.78, 5) is 39.5. The Balaban J connectivity index is 1.88. The Morgan fingerprint density at radius 2 is 1.92 bits per heavy atom. The molecule has 1 amide bonds. The number of ether oxygens (including phenoxy) is 1. The van der Waals surface area contributed by atoms with Gasteiger partial charge in [0.25, 0.3) is 11.5 Å². The number of aromatic nitrogens is 2. The van der Waals surface area contributed by atoms with Gasteiger partial charge in [-0.1, -0.05) is 24.3 Å². The third kappa shape index (κ3) is 5.54. The summed E-state index contributed by atoms with van der Waals surface area (Å²) >= 11 is 3.14. The second kappa shape index (κ2) is 10.4. The van der Waals surface area contributed by atoms with Gasteiger partial charge < -0.3 is 10.5 Å². The smallest absolute Gasteiger partial charge is 0.416 e. The van der Waals surface area contributed by atoms with Crippen LogP contribution in [0.5, 0.6) is 5.75 Å². The zero-order chi connectivity index (χ0) is 27.6. The van der Waals surface area contributed by atoms with E-state index in [9.17, 15) is 32.9 Å². The normalized spacial score (nSPS) is 11.7. The molecule has 0 aliphatic rings. The lowest BCUT2D eigenvalue weighted by Crippen LogP contribution is -2.21. The lowest BCUT2D eigenvalue weighted by molar-refractivity contribution is -0.385. The van der Waals surface area contributed by atoms with E-state index in [1.165, 1.54) is 30.3 Å². The first-order chi connectivity index (χ1) is 18.0. The van der Waals surface area contributed by atoms with Crippen molar-refractivity contribution in [3.63, 3.8) is 0 Å². The number of alkyl halides is 3. The predicted molar refractivity (Wildman–Crippen MR) is 135 cm³/mol. The van der Waals surface area contributed by atoms with E-state index in [0.717, 1.165) is 29.1 Å². The highest BCUT2D eigenvalue weighted by molar-refractivity contribution is 9.10. The van der Waals surface area contributed by atoms with E-state index >= 15 is 0 Å². The molecule has 1 aromatic heterocycles. The Hall–Kier alpha value is -4.59. The first-order valence-electron chi connectivity index (χ1n) is 10.6. The molecule has 0 unspecified atom stereocenters. The van der Waals surface area contributed by atoms with Crippen LogP contribution in [0.25, 0.3) is 22.3 Å². The van der Waals surface area contributed by atoms with Crippen LogP contribution in [-0.4, -0.2) is 33.3 Å². The number of fused-ring (bicyclic) bond motifs is 1. The number of carbonyl (C=O) groups excluding carboxylic acids is 1. The number of rotatable bonds is 7. The second-order valence-corrected chi connectivity index (χ2v) is 8.61. The van der Waals surface area contributed by atoms with Crippen LogP contribution in [0.1, 0.15) is 11.1 Å². The van der Waals surface area contributed by atoms with Gasteiger partial charge in [-0.05, 0) is 46.3 Å². The van der Waals surface area contributed by atoms with Crippen molar-refractivity contribution in [1.82, 2.24) is 9.66 Å². The fourth-order valence-electron chi connectivity index (χ4n) is 3.47. The second-order valence-electron chi connectivity index (χ2n) is 7.76. The average molecular weight is 590 g/mol. The van der Waals surface area contributed by atoms with Crippen molar-refractivity contribution in [2.24, 2.45) is 10.8 Å². The van der Waals surface area contributed by atoms with Crippen LogP contribution in [0.2, 0.25) is 0 Å².